The third kappa shape index (κ3) is 3.62. The molecule has 1 saturated carbocycles. The summed E-state index contributed by atoms with van der Waals surface area (Å²) in [6.45, 7) is 1.75. The number of amides is 4. The number of phenols is 1. The summed E-state index contributed by atoms with van der Waals surface area (Å²) in [5, 5.41) is 9.94. The summed E-state index contributed by atoms with van der Waals surface area (Å²) >= 11 is 3.39. The van der Waals surface area contributed by atoms with Crippen molar-refractivity contribution in [3.63, 3.8) is 0 Å². The van der Waals surface area contributed by atoms with Crippen molar-refractivity contribution in [2.24, 2.45) is 29.1 Å². The van der Waals surface area contributed by atoms with Crippen LogP contribution in [-0.2, 0) is 19.2 Å². The van der Waals surface area contributed by atoms with E-state index in [0.29, 0.717) is 16.9 Å². The molecule has 9 heteroatoms. The number of halogens is 2. The van der Waals surface area contributed by atoms with Crippen LogP contribution in [0.3, 0.4) is 0 Å². The van der Waals surface area contributed by atoms with E-state index in [9.17, 15) is 28.7 Å². The van der Waals surface area contributed by atoms with Crippen LogP contribution in [0.4, 0.5) is 15.8 Å². The van der Waals surface area contributed by atoms with Gasteiger partial charge in [0.15, 0.2) is 11.6 Å². The van der Waals surface area contributed by atoms with E-state index in [0.717, 1.165) is 10.0 Å². The summed E-state index contributed by atoms with van der Waals surface area (Å²) < 4.78 is 15.6. The minimum atomic E-state index is -1.28. The summed E-state index contributed by atoms with van der Waals surface area (Å²) in [6.07, 6.45) is 2.42. The van der Waals surface area contributed by atoms with Crippen molar-refractivity contribution in [2.45, 2.75) is 25.7 Å². The second kappa shape index (κ2) is 9.46. The van der Waals surface area contributed by atoms with E-state index in [1.165, 1.54) is 21.9 Å². The van der Waals surface area contributed by atoms with E-state index in [1.807, 2.05) is 6.08 Å². The zero-order chi connectivity index (χ0) is 29.5. The van der Waals surface area contributed by atoms with E-state index >= 15 is 0 Å². The number of imide groups is 2. The molecule has 4 amide bonds. The Hall–Kier alpha value is -4.11. The standard InChI is InChI=1S/C33H26BrFN2O5/c1-33-24(30(40)37(32(33)42)19-5-3-2-4-6-19)16-23-21(28(33)17-7-14-26(38)25(35)15-17)12-13-22-27(23)31(41)36(29(22)39)20-10-8-18(34)9-11-20/h2-12,14-15,22-24,27-28,38H,13,16H2,1H3/t22-,23+,24-,27-,28-,33+/m0/s1. The number of fused-ring (bicyclic) bond motifs is 4. The summed E-state index contributed by atoms with van der Waals surface area (Å²) in [7, 11) is 0. The molecule has 0 radical (unpaired) electrons. The van der Waals surface area contributed by atoms with Crippen molar-refractivity contribution in [1.29, 1.82) is 0 Å². The average Bonchev–Trinajstić information content (AvgIpc) is 3.35. The fourth-order valence-corrected chi connectivity index (χ4v) is 8.03. The molecule has 1 N–H and O–H groups in total. The number of rotatable bonds is 3. The number of hydrogen-bond acceptors (Lipinski definition) is 5. The van der Waals surface area contributed by atoms with Gasteiger partial charge in [0.1, 0.15) is 0 Å². The molecule has 42 heavy (non-hydrogen) atoms. The van der Waals surface area contributed by atoms with E-state index in [4.69, 9.17) is 0 Å². The Kier molecular flexibility index (Phi) is 6.03. The first-order valence-electron chi connectivity index (χ1n) is 13.9. The van der Waals surface area contributed by atoms with Crippen LogP contribution >= 0.6 is 15.9 Å². The number of para-hydroxylation sites is 1. The summed E-state index contributed by atoms with van der Waals surface area (Å²) in [4.78, 5) is 58.5. The third-order valence-electron chi connectivity index (χ3n) is 9.68. The molecular weight excluding hydrogens is 603 g/mol. The lowest BCUT2D eigenvalue weighted by atomic mass is 9.51. The Morgan fingerprint density at radius 2 is 1.55 bits per heavy atom. The topological polar surface area (TPSA) is 95.0 Å². The molecular formula is C33H26BrFN2O5. The van der Waals surface area contributed by atoms with Crippen molar-refractivity contribution in [2.75, 3.05) is 9.80 Å². The SMILES string of the molecule is C[C@@]12C(=O)N(c3ccccc3)C(=O)[C@@H]1C[C@@H]1C(=CC[C@@H]3C(=O)N(c4ccc(Br)cc4)C(=O)[C@@H]31)[C@@H]2c1ccc(O)c(F)c1. The first-order valence-corrected chi connectivity index (χ1v) is 14.7. The average molecular weight is 629 g/mol. The molecule has 212 valence electrons. The molecule has 2 aliphatic carbocycles. The molecule has 0 unspecified atom stereocenters. The molecule has 2 saturated heterocycles. The fraction of sp³-hybridized carbons (Fsp3) is 0.273. The van der Waals surface area contributed by atoms with Crippen molar-refractivity contribution in [3.05, 3.63) is 100 Å². The largest absolute Gasteiger partial charge is 0.505 e. The molecule has 7 nitrogen and oxygen atoms in total. The van der Waals surface area contributed by atoms with Crippen LogP contribution in [0.2, 0.25) is 0 Å². The molecule has 4 aliphatic rings. The molecule has 3 aromatic rings. The molecule has 6 atom stereocenters. The van der Waals surface area contributed by atoms with E-state index in [2.05, 4.69) is 15.9 Å². The van der Waals surface area contributed by atoms with Crippen LogP contribution in [0.25, 0.3) is 0 Å². The highest BCUT2D eigenvalue weighted by Gasteiger charge is 2.67. The van der Waals surface area contributed by atoms with Gasteiger partial charge in [-0.15, -0.1) is 0 Å². The molecule has 0 bridgehead atoms. The van der Waals surface area contributed by atoms with E-state index in [-0.39, 0.29) is 30.6 Å². The maximum atomic E-state index is 14.8. The van der Waals surface area contributed by atoms with Crippen LogP contribution in [0.1, 0.15) is 31.2 Å². The van der Waals surface area contributed by atoms with Crippen molar-refractivity contribution in [3.8, 4) is 5.75 Å². The summed E-state index contributed by atoms with van der Waals surface area (Å²) in [5.74, 6) is -6.13. The number of carbonyl (C=O) groups excluding carboxylic acids is 4. The Labute approximate surface area is 249 Å². The highest BCUT2D eigenvalue weighted by Crippen LogP contribution is 2.63. The Bertz CT molecular complexity index is 1710. The number of anilines is 2. The van der Waals surface area contributed by atoms with Gasteiger partial charge in [-0.3, -0.25) is 24.1 Å². The first kappa shape index (κ1) is 26.8. The van der Waals surface area contributed by atoms with Crippen LogP contribution in [0.15, 0.2) is 88.9 Å². The minimum Gasteiger partial charge on any atom is -0.505 e. The third-order valence-corrected chi connectivity index (χ3v) is 10.2. The maximum absolute atomic E-state index is 14.8. The van der Waals surface area contributed by atoms with Gasteiger partial charge >= 0.3 is 0 Å². The zero-order valence-electron chi connectivity index (χ0n) is 22.5. The quantitative estimate of drug-likeness (QED) is 0.295. The van der Waals surface area contributed by atoms with Crippen LogP contribution in [-0.4, -0.2) is 28.7 Å². The normalized spacial score (nSPS) is 30.3. The number of hydrogen-bond donors (Lipinski definition) is 1. The van der Waals surface area contributed by atoms with E-state index < -0.39 is 52.5 Å². The monoisotopic (exact) mass is 628 g/mol. The molecule has 2 heterocycles. The number of aromatic hydroxyl groups is 1. The van der Waals surface area contributed by atoms with Crippen LogP contribution in [0.5, 0.6) is 5.75 Å². The predicted octanol–water partition coefficient (Wildman–Crippen LogP) is 5.73. The molecule has 0 spiro atoms. The van der Waals surface area contributed by atoms with Crippen LogP contribution in [0, 0.1) is 34.9 Å². The molecule has 3 aromatic carbocycles. The lowest BCUT2D eigenvalue weighted by Gasteiger charge is -2.49. The van der Waals surface area contributed by atoms with Crippen LogP contribution < -0.4 is 9.80 Å². The minimum absolute atomic E-state index is 0.210. The van der Waals surface area contributed by atoms with Gasteiger partial charge in [0, 0.05) is 10.4 Å². The highest BCUT2D eigenvalue weighted by molar-refractivity contribution is 9.10. The lowest BCUT2D eigenvalue weighted by molar-refractivity contribution is -0.131. The predicted molar refractivity (Wildman–Crippen MR) is 156 cm³/mol. The number of nitrogens with zero attached hydrogens (tertiary/aromatic N) is 2. The van der Waals surface area contributed by atoms with Gasteiger partial charge in [0.25, 0.3) is 0 Å². The molecule has 2 aliphatic heterocycles. The number of allylic oxidation sites excluding steroid dienone is 2. The molecule has 3 fully saturated rings. The number of benzene rings is 3. The van der Waals surface area contributed by atoms with Crippen molar-refractivity contribution in [1.82, 2.24) is 0 Å². The van der Waals surface area contributed by atoms with Gasteiger partial charge in [0.2, 0.25) is 23.6 Å². The second-order valence-electron chi connectivity index (χ2n) is 11.7. The summed E-state index contributed by atoms with van der Waals surface area (Å²) in [6, 6.07) is 19.7. The fourth-order valence-electron chi connectivity index (χ4n) is 7.77. The number of phenolic OH excluding ortho intramolecular Hbond substituents is 1. The van der Waals surface area contributed by atoms with Crippen molar-refractivity contribution < 1.29 is 28.7 Å². The van der Waals surface area contributed by atoms with Gasteiger partial charge in [-0.1, -0.05) is 51.8 Å². The van der Waals surface area contributed by atoms with Gasteiger partial charge in [0.05, 0.1) is 34.5 Å². The van der Waals surface area contributed by atoms with Gasteiger partial charge in [-0.05, 0) is 79.8 Å². The van der Waals surface area contributed by atoms with Crippen molar-refractivity contribution >= 4 is 50.9 Å². The highest BCUT2D eigenvalue weighted by atomic mass is 79.9. The van der Waals surface area contributed by atoms with E-state index in [1.54, 1.807) is 67.6 Å². The zero-order valence-corrected chi connectivity index (χ0v) is 24.1. The smallest absolute Gasteiger partial charge is 0.241 e. The second-order valence-corrected chi connectivity index (χ2v) is 12.6. The Morgan fingerprint density at radius 3 is 2.24 bits per heavy atom. The van der Waals surface area contributed by atoms with Gasteiger partial charge in [-0.2, -0.15) is 0 Å². The maximum Gasteiger partial charge on any atom is 0.241 e. The van der Waals surface area contributed by atoms with Gasteiger partial charge in [-0.25, -0.2) is 9.29 Å². The number of carbonyl (C=O) groups is 4. The Balaban J connectivity index is 1.37. The molecule has 7 rings (SSSR count). The lowest BCUT2D eigenvalue weighted by Crippen LogP contribution is -2.48. The summed E-state index contributed by atoms with van der Waals surface area (Å²) in [5.41, 5.74) is 0.842. The molecule has 0 aromatic heterocycles. The van der Waals surface area contributed by atoms with Gasteiger partial charge < -0.3 is 5.11 Å². The Morgan fingerprint density at radius 1 is 0.857 bits per heavy atom. The first-order chi connectivity index (χ1) is 20.1.